The summed E-state index contributed by atoms with van der Waals surface area (Å²) < 4.78 is 16.4. The Morgan fingerprint density at radius 3 is 2.50 bits per heavy atom. The first kappa shape index (κ1) is 19.7. The van der Waals surface area contributed by atoms with E-state index in [-0.39, 0.29) is 18.4 Å². The van der Waals surface area contributed by atoms with Crippen molar-refractivity contribution in [2.24, 2.45) is 0 Å². The van der Waals surface area contributed by atoms with E-state index in [1.807, 2.05) is 36.4 Å². The highest BCUT2D eigenvalue weighted by atomic mass is 16.6. The molecule has 6 nitrogen and oxygen atoms in total. The first-order chi connectivity index (χ1) is 13.6. The van der Waals surface area contributed by atoms with E-state index in [2.05, 4.69) is 12.2 Å². The number of hydrogen-bond donors (Lipinski definition) is 1. The predicted molar refractivity (Wildman–Crippen MR) is 104 cm³/mol. The normalized spacial score (nSPS) is 17.3. The Morgan fingerprint density at radius 1 is 1.11 bits per heavy atom. The van der Waals surface area contributed by atoms with Gasteiger partial charge in [0.25, 0.3) is 5.91 Å². The second kappa shape index (κ2) is 9.26. The highest BCUT2D eigenvalue weighted by Gasteiger charge is 2.31. The maximum absolute atomic E-state index is 12.4. The number of amides is 1. The highest BCUT2D eigenvalue weighted by Crippen LogP contribution is 2.31. The average molecular weight is 383 g/mol. The molecule has 0 saturated carbocycles. The minimum Gasteiger partial charge on any atom is -0.485 e. The number of ether oxygens (including phenoxy) is 3. The van der Waals surface area contributed by atoms with Crippen LogP contribution in [0.1, 0.15) is 31.7 Å². The molecule has 3 rings (SSSR count). The molecule has 148 valence electrons. The van der Waals surface area contributed by atoms with Crippen LogP contribution in [0.4, 0.5) is 0 Å². The van der Waals surface area contributed by atoms with E-state index >= 15 is 0 Å². The third-order valence-electron chi connectivity index (χ3n) is 4.72. The number of nitrogens with one attached hydrogen (secondary N) is 1. The maximum atomic E-state index is 12.4. The van der Waals surface area contributed by atoms with Crippen LogP contribution in [0.2, 0.25) is 0 Å². The number of rotatable bonds is 7. The van der Waals surface area contributed by atoms with Gasteiger partial charge in [0.2, 0.25) is 6.10 Å². The van der Waals surface area contributed by atoms with Crippen molar-refractivity contribution in [3.05, 3.63) is 60.2 Å². The summed E-state index contributed by atoms with van der Waals surface area (Å²) in [6, 6.07) is 17.1. The monoisotopic (exact) mass is 383 g/mol. The summed E-state index contributed by atoms with van der Waals surface area (Å²) in [6.07, 6.45) is -0.912. The van der Waals surface area contributed by atoms with Gasteiger partial charge in [0, 0.05) is 12.5 Å². The third kappa shape index (κ3) is 4.82. The number of esters is 1. The van der Waals surface area contributed by atoms with Crippen LogP contribution < -0.4 is 14.8 Å². The third-order valence-corrected chi connectivity index (χ3v) is 4.72. The zero-order chi connectivity index (χ0) is 19.9. The van der Waals surface area contributed by atoms with Crippen molar-refractivity contribution in [1.29, 1.82) is 0 Å². The van der Waals surface area contributed by atoms with Gasteiger partial charge >= 0.3 is 5.97 Å². The van der Waals surface area contributed by atoms with Crippen LogP contribution >= 0.6 is 0 Å². The molecule has 1 aliphatic heterocycles. The van der Waals surface area contributed by atoms with E-state index in [4.69, 9.17) is 14.2 Å². The second-order valence-corrected chi connectivity index (χ2v) is 6.70. The molecule has 28 heavy (non-hydrogen) atoms. The molecule has 6 heteroatoms. The molecular formula is C22H25NO5. The van der Waals surface area contributed by atoms with Crippen molar-refractivity contribution < 1.29 is 23.8 Å². The Morgan fingerprint density at radius 2 is 1.79 bits per heavy atom. The van der Waals surface area contributed by atoms with Crippen molar-refractivity contribution >= 4 is 11.9 Å². The molecule has 3 atom stereocenters. The van der Waals surface area contributed by atoms with Gasteiger partial charge in [-0.1, -0.05) is 49.4 Å². The summed E-state index contributed by atoms with van der Waals surface area (Å²) in [7, 11) is 0. The Labute approximate surface area is 164 Å². The lowest BCUT2D eigenvalue weighted by molar-refractivity contribution is -0.163. The first-order valence-corrected chi connectivity index (χ1v) is 9.50. The second-order valence-electron chi connectivity index (χ2n) is 6.70. The lowest BCUT2D eigenvalue weighted by atomic mass is 9.96. The number of benzene rings is 2. The summed E-state index contributed by atoms with van der Waals surface area (Å²) in [6.45, 7) is 4.16. The van der Waals surface area contributed by atoms with Gasteiger partial charge in [0.1, 0.15) is 6.61 Å². The summed E-state index contributed by atoms with van der Waals surface area (Å²) in [5.74, 6) is 0.331. The van der Waals surface area contributed by atoms with Gasteiger partial charge in [0.05, 0.1) is 0 Å². The summed E-state index contributed by atoms with van der Waals surface area (Å²) in [5, 5.41) is 2.87. The molecule has 2 aromatic carbocycles. The molecule has 1 aliphatic rings. The minimum absolute atomic E-state index is 0.0517. The van der Waals surface area contributed by atoms with E-state index in [0.717, 1.165) is 6.42 Å². The Kier molecular flexibility index (Phi) is 6.53. The molecule has 0 bridgehead atoms. The quantitative estimate of drug-likeness (QED) is 0.744. The largest absolute Gasteiger partial charge is 0.485 e. The fourth-order valence-corrected chi connectivity index (χ4v) is 3.03. The van der Waals surface area contributed by atoms with Crippen LogP contribution in [0, 0.1) is 0 Å². The lowest BCUT2D eigenvalue weighted by Crippen LogP contribution is -2.43. The number of fused-ring (bicyclic) bond motifs is 1. The fraction of sp³-hybridized carbons (Fsp3) is 0.364. The number of carbonyl (C=O) groups is 2. The van der Waals surface area contributed by atoms with Gasteiger partial charge < -0.3 is 19.5 Å². The molecule has 0 aliphatic carbocycles. The van der Waals surface area contributed by atoms with Crippen molar-refractivity contribution in [2.75, 3.05) is 13.2 Å². The summed E-state index contributed by atoms with van der Waals surface area (Å²) in [5.41, 5.74) is 1.17. The van der Waals surface area contributed by atoms with Crippen molar-refractivity contribution in [2.45, 2.75) is 38.4 Å². The van der Waals surface area contributed by atoms with Crippen LogP contribution in [0.25, 0.3) is 0 Å². The van der Waals surface area contributed by atoms with E-state index in [0.29, 0.717) is 18.0 Å². The van der Waals surface area contributed by atoms with E-state index < -0.39 is 18.2 Å². The van der Waals surface area contributed by atoms with E-state index in [9.17, 15) is 9.59 Å². The number of hydrogen-bond acceptors (Lipinski definition) is 5. The van der Waals surface area contributed by atoms with Gasteiger partial charge in [-0.3, -0.25) is 4.79 Å². The predicted octanol–water partition coefficient (Wildman–Crippen LogP) is 3.07. The zero-order valence-corrected chi connectivity index (χ0v) is 16.1. The zero-order valence-electron chi connectivity index (χ0n) is 16.1. The SMILES string of the molecule is CC[C@@H](CNC(=O)[C@@H](C)OC(=O)[C@@H]1COc2ccccc2O1)c1ccccc1. The molecule has 0 saturated heterocycles. The smallest absolute Gasteiger partial charge is 0.351 e. The fourth-order valence-electron chi connectivity index (χ4n) is 3.03. The standard InChI is InChI=1S/C22H25NO5/c1-3-16(17-9-5-4-6-10-17)13-23-21(24)15(2)27-22(25)20-14-26-18-11-7-8-12-19(18)28-20/h4-12,15-16,20H,3,13-14H2,1-2H3,(H,23,24)/t15-,16+,20+/m1/s1. The van der Waals surface area contributed by atoms with E-state index in [1.165, 1.54) is 5.56 Å². The highest BCUT2D eigenvalue weighted by molar-refractivity contribution is 5.84. The van der Waals surface area contributed by atoms with Crippen LogP contribution in [0.5, 0.6) is 11.5 Å². The Bertz CT molecular complexity index is 808. The molecule has 1 amide bonds. The van der Waals surface area contributed by atoms with Crippen LogP contribution in [-0.2, 0) is 14.3 Å². The van der Waals surface area contributed by atoms with Gasteiger partial charge in [-0.05, 0) is 31.0 Å². The molecule has 0 spiro atoms. The topological polar surface area (TPSA) is 73.9 Å². The van der Waals surface area contributed by atoms with Gasteiger partial charge in [-0.25, -0.2) is 4.79 Å². The average Bonchev–Trinajstić information content (AvgIpc) is 2.74. The maximum Gasteiger partial charge on any atom is 0.351 e. The molecule has 0 unspecified atom stereocenters. The van der Waals surface area contributed by atoms with Gasteiger partial charge in [-0.2, -0.15) is 0 Å². The summed E-state index contributed by atoms with van der Waals surface area (Å²) >= 11 is 0. The number of carbonyl (C=O) groups excluding carboxylic acids is 2. The molecule has 0 radical (unpaired) electrons. The van der Waals surface area contributed by atoms with Crippen molar-refractivity contribution in [1.82, 2.24) is 5.32 Å². The van der Waals surface area contributed by atoms with Gasteiger partial charge in [0.15, 0.2) is 17.6 Å². The Balaban J connectivity index is 1.49. The van der Waals surface area contributed by atoms with Crippen LogP contribution in [-0.4, -0.2) is 37.2 Å². The van der Waals surface area contributed by atoms with Crippen LogP contribution in [0.3, 0.4) is 0 Å². The minimum atomic E-state index is -0.915. The van der Waals surface area contributed by atoms with Gasteiger partial charge in [-0.15, -0.1) is 0 Å². The van der Waals surface area contributed by atoms with Crippen molar-refractivity contribution in [3.63, 3.8) is 0 Å². The molecule has 2 aromatic rings. The summed E-state index contributed by atoms with van der Waals surface area (Å²) in [4.78, 5) is 24.7. The van der Waals surface area contributed by atoms with Crippen LogP contribution in [0.15, 0.2) is 54.6 Å². The molecule has 1 N–H and O–H groups in total. The Hall–Kier alpha value is -3.02. The molecule has 1 heterocycles. The van der Waals surface area contributed by atoms with E-state index in [1.54, 1.807) is 25.1 Å². The molecular weight excluding hydrogens is 358 g/mol. The van der Waals surface area contributed by atoms with Crippen molar-refractivity contribution in [3.8, 4) is 11.5 Å². The molecule has 0 fully saturated rings. The first-order valence-electron chi connectivity index (χ1n) is 9.50. The number of para-hydroxylation sites is 2. The lowest BCUT2D eigenvalue weighted by Gasteiger charge is -2.26. The molecule has 0 aromatic heterocycles.